The molecule has 9 heteroatoms. The molecule has 1 unspecified atom stereocenters. The summed E-state index contributed by atoms with van der Waals surface area (Å²) >= 11 is 0. The number of amides is 2. The van der Waals surface area contributed by atoms with Crippen LogP contribution in [0.5, 0.6) is 0 Å². The summed E-state index contributed by atoms with van der Waals surface area (Å²) in [7, 11) is 1.38. The predicted octanol–water partition coefficient (Wildman–Crippen LogP) is 2.63. The first-order valence-electron chi connectivity index (χ1n) is 11.6. The number of ether oxygens (including phenoxy) is 3. The number of nitrogens with one attached hydrogen (secondary N) is 1. The zero-order valence-electron chi connectivity index (χ0n) is 19.9. The molecule has 0 bridgehead atoms. The molecule has 186 valence electrons. The van der Waals surface area contributed by atoms with Gasteiger partial charge in [-0.15, -0.1) is 0 Å². The number of benzene rings is 2. The number of morpholine rings is 1. The van der Waals surface area contributed by atoms with Gasteiger partial charge in [0.1, 0.15) is 6.61 Å². The number of aliphatic carboxylic acids is 1. The highest BCUT2D eigenvalue weighted by atomic mass is 16.6. The van der Waals surface area contributed by atoms with Crippen molar-refractivity contribution >= 4 is 18.0 Å². The lowest BCUT2D eigenvalue weighted by Crippen LogP contribution is -2.60. The summed E-state index contributed by atoms with van der Waals surface area (Å²) in [5.41, 5.74) is 2.94. The summed E-state index contributed by atoms with van der Waals surface area (Å²) < 4.78 is 16.0. The molecule has 35 heavy (non-hydrogen) atoms. The van der Waals surface area contributed by atoms with Crippen molar-refractivity contribution in [3.63, 3.8) is 0 Å². The van der Waals surface area contributed by atoms with Gasteiger partial charge in [0.25, 0.3) is 0 Å². The van der Waals surface area contributed by atoms with Crippen molar-refractivity contribution in [3.8, 4) is 11.1 Å². The lowest BCUT2D eigenvalue weighted by Gasteiger charge is -2.39. The average Bonchev–Trinajstić information content (AvgIpc) is 3.16. The summed E-state index contributed by atoms with van der Waals surface area (Å²) in [6.45, 7) is 1.97. The molecule has 1 saturated heterocycles. The van der Waals surface area contributed by atoms with Gasteiger partial charge in [0.05, 0.1) is 19.8 Å². The molecule has 4 rings (SSSR count). The molecular weight excluding hydrogens is 452 g/mol. The van der Waals surface area contributed by atoms with Gasteiger partial charge >= 0.3 is 12.1 Å². The Kier molecular flexibility index (Phi) is 7.37. The minimum Gasteiger partial charge on any atom is -0.479 e. The number of hydrogen-bond acceptors (Lipinski definition) is 6. The Labute approximate surface area is 204 Å². The molecular formula is C26H30N2O7. The first-order valence-corrected chi connectivity index (χ1v) is 11.6. The Bertz CT molecular complexity index is 1060. The van der Waals surface area contributed by atoms with Gasteiger partial charge in [0.2, 0.25) is 11.5 Å². The number of nitrogens with zero attached hydrogens (tertiary/aromatic N) is 1. The van der Waals surface area contributed by atoms with E-state index in [9.17, 15) is 19.5 Å². The van der Waals surface area contributed by atoms with Gasteiger partial charge in [-0.25, -0.2) is 9.59 Å². The van der Waals surface area contributed by atoms with Crippen LogP contribution in [0.4, 0.5) is 4.79 Å². The van der Waals surface area contributed by atoms with Gasteiger partial charge in [0.15, 0.2) is 0 Å². The summed E-state index contributed by atoms with van der Waals surface area (Å²) in [6, 6.07) is 15.7. The van der Waals surface area contributed by atoms with Crippen LogP contribution in [-0.2, 0) is 23.8 Å². The second kappa shape index (κ2) is 10.5. The molecule has 1 fully saturated rings. The molecule has 0 saturated carbocycles. The molecule has 0 aromatic heterocycles. The second-order valence-corrected chi connectivity index (χ2v) is 8.97. The Balaban J connectivity index is 1.31. The van der Waals surface area contributed by atoms with Gasteiger partial charge < -0.3 is 29.5 Å². The van der Waals surface area contributed by atoms with E-state index in [1.165, 1.54) is 12.0 Å². The fourth-order valence-corrected chi connectivity index (χ4v) is 4.79. The van der Waals surface area contributed by atoms with Crippen LogP contribution < -0.4 is 5.32 Å². The fraction of sp³-hybridized carbons (Fsp3) is 0.423. The Hall–Kier alpha value is -3.43. The number of carboxylic acid groups (broad SMARTS) is 1. The second-order valence-electron chi connectivity index (χ2n) is 8.97. The van der Waals surface area contributed by atoms with E-state index in [0.717, 1.165) is 22.3 Å². The number of carbonyl (C=O) groups is 3. The average molecular weight is 483 g/mol. The number of hydrogen-bond donors (Lipinski definition) is 2. The molecule has 0 spiro atoms. The van der Waals surface area contributed by atoms with Crippen molar-refractivity contribution < 1.29 is 33.7 Å². The van der Waals surface area contributed by atoms with Crippen LogP contribution in [0.1, 0.15) is 30.4 Å². The molecule has 2 atom stereocenters. The van der Waals surface area contributed by atoms with Crippen LogP contribution in [0.3, 0.4) is 0 Å². The smallest absolute Gasteiger partial charge is 0.407 e. The van der Waals surface area contributed by atoms with E-state index in [1.807, 2.05) is 36.4 Å². The van der Waals surface area contributed by atoms with Gasteiger partial charge in [-0.05, 0) is 29.2 Å². The van der Waals surface area contributed by atoms with Crippen LogP contribution in [0.15, 0.2) is 48.5 Å². The van der Waals surface area contributed by atoms with E-state index >= 15 is 0 Å². The number of carbonyl (C=O) groups excluding carboxylic acids is 2. The first kappa shape index (κ1) is 24.7. The summed E-state index contributed by atoms with van der Waals surface area (Å²) in [5, 5.41) is 12.3. The van der Waals surface area contributed by atoms with Crippen molar-refractivity contribution in [2.45, 2.75) is 30.9 Å². The lowest BCUT2D eigenvalue weighted by atomic mass is 9.98. The van der Waals surface area contributed by atoms with Crippen molar-refractivity contribution in [2.24, 2.45) is 0 Å². The predicted molar refractivity (Wildman–Crippen MR) is 127 cm³/mol. The number of methoxy groups -OCH3 is 1. The van der Waals surface area contributed by atoms with Gasteiger partial charge in [-0.2, -0.15) is 0 Å². The SMILES string of the molecule is COCC1(C(=O)O)CN(C(=O)C[C@@H](C)NC(=O)OCC2c3ccccc3-c3ccccc32)CCO1. The monoisotopic (exact) mass is 482 g/mol. The highest BCUT2D eigenvalue weighted by Crippen LogP contribution is 2.44. The van der Waals surface area contributed by atoms with E-state index < -0.39 is 23.7 Å². The maximum absolute atomic E-state index is 12.8. The van der Waals surface area contributed by atoms with Crippen LogP contribution in [0.2, 0.25) is 0 Å². The van der Waals surface area contributed by atoms with Crippen LogP contribution in [0.25, 0.3) is 11.1 Å². The highest BCUT2D eigenvalue weighted by molar-refractivity contribution is 5.82. The molecule has 1 heterocycles. The third kappa shape index (κ3) is 5.16. The van der Waals surface area contributed by atoms with Crippen LogP contribution in [-0.4, -0.2) is 79.6 Å². The zero-order chi connectivity index (χ0) is 25.0. The highest BCUT2D eigenvalue weighted by Gasteiger charge is 2.45. The molecule has 2 amide bonds. The third-order valence-electron chi connectivity index (χ3n) is 6.49. The van der Waals surface area contributed by atoms with Gasteiger partial charge in [0, 0.05) is 32.0 Å². The minimum absolute atomic E-state index is 0.00682. The Morgan fingerprint density at radius 2 is 1.77 bits per heavy atom. The van der Waals surface area contributed by atoms with Gasteiger partial charge in [-0.1, -0.05) is 48.5 Å². The van der Waals surface area contributed by atoms with Crippen LogP contribution >= 0.6 is 0 Å². The van der Waals surface area contributed by atoms with Crippen molar-refractivity contribution in [1.82, 2.24) is 10.2 Å². The fourth-order valence-electron chi connectivity index (χ4n) is 4.79. The van der Waals surface area contributed by atoms with Crippen molar-refractivity contribution in [1.29, 1.82) is 0 Å². The molecule has 1 aliphatic heterocycles. The number of rotatable bonds is 8. The maximum atomic E-state index is 12.8. The molecule has 2 aromatic carbocycles. The number of fused-ring (bicyclic) bond motifs is 3. The number of alkyl carbamates (subject to hydrolysis) is 1. The maximum Gasteiger partial charge on any atom is 0.407 e. The Morgan fingerprint density at radius 1 is 1.14 bits per heavy atom. The van der Waals surface area contributed by atoms with Crippen LogP contribution in [0, 0.1) is 0 Å². The van der Waals surface area contributed by atoms with E-state index in [0.29, 0.717) is 0 Å². The van der Waals surface area contributed by atoms with E-state index in [2.05, 4.69) is 17.4 Å². The quantitative estimate of drug-likeness (QED) is 0.594. The van der Waals surface area contributed by atoms with E-state index in [1.54, 1.807) is 6.92 Å². The molecule has 9 nitrogen and oxygen atoms in total. The standard InChI is InChI=1S/C26H30N2O7/c1-17(13-23(29)28-11-12-35-26(15-28,16-33-2)24(30)31)27-25(32)34-14-22-20-9-5-3-7-18(20)19-8-4-6-10-21(19)22/h3-10,17,22H,11-16H2,1-2H3,(H,27,32)(H,30,31)/t17-,26?/m1/s1. The lowest BCUT2D eigenvalue weighted by molar-refractivity contribution is -0.189. The summed E-state index contributed by atoms with van der Waals surface area (Å²) in [6.07, 6.45) is -0.597. The molecule has 2 N–H and O–H groups in total. The Morgan fingerprint density at radius 3 is 2.37 bits per heavy atom. The molecule has 0 radical (unpaired) electrons. The first-order chi connectivity index (χ1) is 16.8. The van der Waals surface area contributed by atoms with E-state index in [-0.39, 0.29) is 51.2 Å². The van der Waals surface area contributed by atoms with Crippen molar-refractivity contribution in [2.75, 3.05) is 40.0 Å². The third-order valence-corrected chi connectivity index (χ3v) is 6.49. The zero-order valence-corrected chi connectivity index (χ0v) is 19.9. The molecule has 2 aromatic rings. The molecule has 2 aliphatic rings. The van der Waals surface area contributed by atoms with Gasteiger partial charge in [-0.3, -0.25) is 4.79 Å². The minimum atomic E-state index is -1.59. The normalized spacial score (nSPS) is 20.0. The number of carboxylic acids is 1. The molecule has 1 aliphatic carbocycles. The summed E-state index contributed by atoms with van der Waals surface area (Å²) in [5.74, 6) is -1.51. The summed E-state index contributed by atoms with van der Waals surface area (Å²) in [4.78, 5) is 38.4. The van der Waals surface area contributed by atoms with E-state index in [4.69, 9.17) is 14.2 Å². The largest absolute Gasteiger partial charge is 0.479 e. The topological polar surface area (TPSA) is 114 Å². The van der Waals surface area contributed by atoms with Crippen molar-refractivity contribution in [3.05, 3.63) is 59.7 Å².